The van der Waals surface area contributed by atoms with Gasteiger partial charge in [-0.05, 0) is 79.4 Å². The summed E-state index contributed by atoms with van der Waals surface area (Å²) in [4.78, 5) is 0.480. The van der Waals surface area contributed by atoms with E-state index in [0.29, 0.717) is 33.8 Å². The Morgan fingerprint density at radius 3 is 1.48 bits per heavy atom. The summed E-state index contributed by atoms with van der Waals surface area (Å²) in [5, 5.41) is 23.7. The smallest absolute Gasteiger partial charge is 0.296 e. The van der Waals surface area contributed by atoms with E-state index in [9.17, 15) is 25.3 Å². The number of nitrogens with one attached hydrogen (secondary N) is 2. The van der Waals surface area contributed by atoms with Crippen molar-refractivity contribution in [3.8, 4) is 0 Å². The van der Waals surface area contributed by atoms with Crippen LogP contribution in [0.15, 0.2) is 146 Å². The third kappa shape index (κ3) is 7.54. The molecule has 0 aliphatic carbocycles. The van der Waals surface area contributed by atoms with E-state index in [-0.39, 0.29) is 44.4 Å². The molecule has 0 saturated carbocycles. The van der Waals surface area contributed by atoms with E-state index >= 15 is 0 Å². The summed E-state index contributed by atoms with van der Waals surface area (Å²) in [6.07, 6.45) is 0.686. The number of benzene rings is 5. The molecule has 0 spiro atoms. The van der Waals surface area contributed by atoms with E-state index in [1.807, 2.05) is 13.0 Å². The minimum Gasteiger partial charge on any atom is -0.396 e. The van der Waals surface area contributed by atoms with Crippen LogP contribution in [0.2, 0.25) is 0 Å². The van der Waals surface area contributed by atoms with Crippen LogP contribution < -0.4 is 0 Å². The first-order valence-corrected chi connectivity index (χ1v) is 20.4. The van der Waals surface area contributed by atoms with E-state index in [1.165, 1.54) is 24.3 Å². The average molecular weight is 759 g/mol. The normalized spacial score (nSPS) is 12.1. The summed E-state index contributed by atoms with van der Waals surface area (Å²) in [6.45, 7) is 1.77. The molecule has 7 aromatic rings. The van der Waals surface area contributed by atoms with Gasteiger partial charge in [0.15, 0.2) is 10.1 Å². The van der Waals surface area contributed by atoms with E-state index in [1.54, 1.807) is 91.0 Å². The summed E-state index contributed by atoms with van der Waals surface area (Å²) in [7, 11) is -11.3. The van der Waals surface area contributed by atoms with Gasteiger partial charge in [-0.2, -0.15) is 18.6 Å². The lowest BCUT2D eigenvalue weighted by molar-refractivity contribution is 0.300. The number of H-pyrrole nitrogens is 2. The second-order valence-electron chi connectivity index (χ2n) is 11.7. The number of aromatic amines is 2. The monoisotopic (exact) mass is 758 g/mol. The molecule has 52 heavy (non-hydrogen) atoms. The molecule has 268 valence electrons. The van der Waals surface area contributed by atoms with Crippen LogP contribution >= 0.6 is 0 Å². The molecule has 3 N–H and O–H groups in total. The molecule has 0 fully saturated rings. The van der Waals surface area contributed by atoms with Crippen LogP contribution in [0.3, 0.4) is 0 Å². The van der Waals surface area contributed by atoms with Crippen molar-refractivity contribution in [3.63, 3.8) is 0 Å². The van der Waals surface area contributed by atoms with E-state index in [0.717, 1.165) is 11.1 Å². The molecule has 0 saturated heterocycles. The fraction of sp³-hybridized carbons (Fsp3) is 0.135. The highest BCUT2D eigenvalue weighted by molar-refractivity contribution is 7.92. The van der Waals surface area contributed by atoms with Gasteiger partial charge in [-0.3, -0.25) is 14.4 Å². The number of fused-ring (bicyclic) bond motifs is 2. The zero-order valence-electron chi connectivity index (χ0n) is 27.8. The highest BCUT2D eigenvalue weighted by atomic mass is 32.2. The van der Waals surface area contributed by atoms with Crippen LogP contribution in [-0.2, 0) is 46.8 Å². The Balaban J connectivity index is 0.000000192. The molecule has 0 aliphatic heterocycles. The first-order valence-electron chi connectivity index (χ1n) is 16.0. The molecule has 0 amide bonds. The van der Waals surface area contributed by atoms with Gasteiger partial charge in [0, 0.05) is 17.4 Å². The molecule has 12 nitrogen and oxygen atoms in total. The molecule has 0 radical (unpaired) electrons. The third-order valence-corrected chi connectivity index (χ3v) is 13.0. The quantitative estimate of drug-likeness (QED) is 0.140. The molecule has 0 aliphatic rings. The lowest BCUT2D eigenvalue weighted by atomic mass is 10.1. The highest BCUT2D eigenvalue weighted by Crippen LogP contribution is 2.29. The first-order chi connectivity index (χ1) is 24.9. The van der Waals surface area contributed by atoms with E-state index in [4.69, 9.17) is 9.29 Å². The van der Waals surface area contributed by atoms with Gasteiger partial charge in [-0.25, -0.2) is 16.8 Å². The zero-order valence-corrected chi connectivity index (χ0v) is 30.2. The van der Waals surface area contributed by atoms with Crippen LogP contribution in [0.25, 0.3) is 21.8 Å². The van der Waals surface area contributed by atoms with Gasteiger partial charge in [0.1, 0.15) is 0 Å². The average Bonchev–Trinajstić information content (AvgIpc) is 3.80. The molecule has 2 aromatic heterocycles. The van der Waals surface area contributed by atoms with E-state index < -0.39 is 29.8 Å². The summed E-state index contributed by atoms with van der Waals surface area (Å²) < 4.78 is 81.2. The van der Waals surface area contributed by atoms with Crippen molar-refractivity contribution in [2.75, 3.05) is 13.2 Å². The number of hydrogen-bond donors (Lipinski definition) is 3. The van der Waals surface area contributed by atoms with Gasteiger partial charge in [0.25, 0.3) is 10.1 Å². The van der Waals surface area contributed by atoms with Crippen molar-refractivity contribution >= 4 is 51.6 Å². The third-order valence-electron chi connectivity index (χ3n) is 8.21. The molecule has 15 heteroatoms. The molecular weight excluding hydrogens is 725 g/mol. The summed E-state index contributed by atoms with van der Waals surface area (Å²) in [5.41, 5.74) is 3.50. The van der Waals surface area contributed by atoms with Crippen LogP contribution in [0.4, 0.5) is 0 Å². The topological polar surface area (TPSA) is 189 Å². The van der Waals surface area contributed by atoms with Crippen molar-refractivity contribution in [1.29, 1.82) is 0 Å². The van der Waals surface area contributed by atoms with Gasteiger partial charge in [0.2, 0.25) is 19.7 Å². The van der Waals surface area contributed by atoms with E-state index in [2.05, 4.69) is 20.4 Å². The van der Waals surface area contributed by atoms with Crippen LogP contribution in [-0.4, -0.2) is 64.0 Å². The summed E-state index contributed by atoms with van der Waals surface area (Å²) in [5.74, 6) is 0. The lowest BCUT2D eigenvalue weighted by Crippen LogP contribution is -2.09. The molecule has 0 bridgehead atoms. The fourth-order valence-corrected chi connectivity index (χ4v) is 9.20. The van der Waals surface area contributed by atoms with Gasteiger partial charge in [-0.1, -0.05) is 78.4 Å². The number of aliphatic hydroxyl groups excluding tert-OH is 1. The van der Waals surface area contributed by atoms with Crippen molar-refractivity contribution in [2.24, 2.45) is 0 Å². The minimum atomic E-state index is -3.88. The lowest BCUT2D eigenvalue weighted by Gasteiger charge is -2.07. The number of aryl methyl sites for hydroxylation is 1. The Bertz CT molecular complexity index is 2660. The van der Waals surface area contributed by atoms with Crippen molar-refractivity contribution in [1.82, 2.24) is 20.4 Å². The predicted octanol–water partition coefficient (Wildman–Crippen LogP) is 5.58. The van der Waals surface area contributed by atoms with Crippen molar-refractivity contribution < 1.29 is 34.5 Å². The maximum atomic E-state index is 13.0. The standard InChI is InChI=1S/C22H20N2O5S2.C15H14N2O3S/c1-16-10-12-19(13-11-16)31(27,28)29-15-14-17-6-5-9-20-21(17)23-24-22(20)30(25,26)18-7-3-2-4-8-18;18-10-9-11-5-4-8-13-14(11)16-17-15(13)21(19,20)12-6-2-1-3-7-12/h2-13H,14-15H2,1H3,(H,23,24);1-8,18H,9-10H2,(H,16,17). The van der Waals surface area contributed by atoms with Crippen LogP contribution in [0, 0.1) is 6.92 Å². The number of aromatic nitrogens is 4. The van der Waals surface area contributed by atoms with Gasteiger partial charge in [-0.15, -0.1) is 0 Å². The van der Waals surface area contributed by atoms with Gasteiger partial charge >= 0.3 is 0 Å². The molecule has 0 atom stereocenters. The Kier molecular flexibility index (Phi) is 10.7. The van der Waals surface area contributed by atoms with Gasteiger partial charge < -0.3 is 5.11 Å². The highest BCUT2D eigenvalue weighted by Gasteiger charge is 2.25. The maximum Gasteiger partial charge on any atom is 0.296 e. The predicted molar refractivity (Wildman–Crippen MR) is 195 cm³/mol. The molecule has 0 unspecified atom stereocenters. The second kappa shape index (κ2) is 15.2. The number of sulfone groups is 2. The second-order valence-corrected chi connectivity index (χ2v) is 17.1. The fourth-order valence-electron chi connectivity index (χ4n) is 5.55. The SMILES string of the molecule is Cc1ccc(S(=O)(=O)OCCc2cccc3c(S(=O)(=O)c4ccccc4)[nH]nc23)cc1.O=S(=O)(c1ccccc1)c1[nH]nc2c(CCO)cccc12. The molecule has 5 aromatic carbocycles. The Morgan fingerprint density at radius 2 is 1.02 bits per heavy atom. The first kappa shape index (κ1) is 36.6. The van der Waals surface area contributed by atoms with Crippen LogP contribution in [0.5, 0.6) is 0 Å². The number of nitrogens with zero attached hydrogens (tertiary/aromatic N) is 2. The van der Waals surface area contributed by atoms with Crippen molar-refractivity contribution in [3.05, 3.63) is 138 Å². The summed E-state index contributed by atoms with van der Waals surface area (Å²) >= 11 is 0. The number of aliphatic hydroxyl groups is 1. The Hall–Kier alpha value is -5.19. The minimum absolute atomic E-state index is 0.00347. The van der Waals surface area contributed by atoms with Crippen molar-refractivity contribution in [2.45, 2.75) is 44.5 Å². The number of rotatable bonds is 11. The Morgan fingerprint density at radius 1 is 0.558 bits per heavy atom. The van der Waals surface area contributed by atoms with Crippen LogP contribution in [0.1, 0.15) is 16.7 Å². The summed E-state index contributed by atoms with van der Waals surface area (Å²) in [6, 6.07) is 33.2. The van der Waals surface area contributed by atoms with Gasteiger partial charge in [0.05, 0.1) is 32.3 Å². The largest absolute Gasteiger partial charge is 0.396 e. The number of hydrogen-bond acceptors (Lipinski definition) is 10. The zero-order chi connectivity index (χ0) is 36.9. The molecule has 7 rings (SSSR count). The maximum absolute atomic E-state index is 13.0. The molecular formula is C37H34N4O8S3. The number of para-hydroxylation sites is 2. The Labute approximate surface area is 301 Å². The molecule has 2 heterocycles.